The second kappa shape index (κ2) is 14.9. The molecule has 206 valence electrons. The molecule has 37 heavy (non-hydrogen) atoms. The molecule has 0 aliphatic heterocycles. The van der Waals surface area contributed by atoms with Crippen molar-refractivity contribution in [1.29, 1.82) is 0 Å². The van der Waals surface area contributed by atoms with Crippen molar-refractivity contribution in [1.82, 2.24) is 24.7 Å². The van der Waals surface area contributed by atoms with Crippen molar-refractivity contribution in [3.63, 3.8) is 0 Å². The van der Waals surface area contributed by atoms with Gasteiger partial charge in [0.1, 0.15) is 5.02 Å². The van der Waals surface area contributed by atoms with E-state index in [2.05, 4.69) is 79.0 Å². The van der Waals surface area contributed by atoms with E-state index in [1.54, 1.807) is 4.63 Å². The first-order chi connectivity index (χ1) is 17.8. The zero-order valence-corrected chi connectivity index (χ0v) is 24.8. The van der Waals surface area contributed by atoms with Crippen LogP contribution in [0.2, 0.25) is 5.02 Å². The number of rotatable bonds is 17. The minimum absolute atomic E-state index is 0.121. The van der Waals surface area contributed by atoms with Gasteiger partial charge in [-0.25, -0.2) is 0 Å². The van der Waals surface area contributed by atoms with Crippen molar-refractivity contribution in [2.45, 2.75) is 124 Å². The molecule has 2 aromatic heterocycles. The lowest BCUT2D eigenvalue weighted by Gasteiger charge is -2.22. The summed E-state index contributed by atoms with van der Waals surface area (Å²) in [5, 5.41) is 9.95. The van der Waals surface area contributed by atoms with Gasteiger partial charge in [0.25, 0.3) is 0 Å². The summed E-state index contributed by atoms with van der Waals surface area (Å²) in [6, 6.07) is 8.83. The average molecular weight is 528 g/mol. The van der Waals surface area contributed by atoms with Gasteiger partial charge in [-0.15, -0.1) is 9.73 Å². The number of aromatic nitrogens is 4. The summed E-state index contributed by atoms with van der Waals surface area (Å²) >= 11 is 6.62. The van der Waals surface area contributed by atoms with Gasteiger partial charge in [0.15, 0.2) is 11.5 Å². The highest BCUT2D eigenvalue weighted by atomic mass is 35.5. The zero-order chi connectivity index (χ0) is 26.7. The van der Waals surface area contributed by atoms with Gasteiger partial charge >= 0.3 is 0 Å². The van der Waals surface area contributed by atoms with Crippen LogP contribution in [0.25, 0.3) is 17.0 Å². The fourth-order valence-electron chi connectivity index (χ4n) is 4.93. The van der Waals surface area contributed by atoms with Gasteiger partial charge in [-0.2, -0.15) is 5.10 Å². The van der Waals surface area contributed by atoms with Crippen LogP contribution in [-0.2, 0) is 12.0 Å². The number of halogens is 1. The van der Waals surface area contributed by atoms with E-state index in [-0.39, 0.29) is 5.41 Å². The SMILES string of the molecule is CCCCCCCCN(CCCCCCCC)Cc1ccc(-c2nn3nc(C(C)(C)C)c(Cl)c3[nH]2)cc1. The van der Waals surface area contributed by atoms with E-state index < -0.39 is 0 Å². The standard InChI is InChI=1S/C31H50ClN5/c1-6-8-10-12-14-16-22-36(23-17-15-13-11-9-7-2)24-25-18-20-26(21-19-25)29-33-30-27(32)28(31(3,4)5)34-37(30)35-29/h18-21H,6-17,22-24H2,1-5H3,(H,33,35). The maximum absolute atomic E-state index is 6.62. The molecule has 0 atom stereocenters. The first-order valence-electron chi connectivity index (χ1n) is 14.8. The first kappa shape index (κ1) is 29.7. The minimum atomic E-state index is -0.121. The summed E-state index contributed by atoms with van der Waals surface area (Å²) in [6.45, 7) is 14.3. The van der Waals surface area contributed by atoms with Gasteiger partial charge in [-0.05, 0) is 31.5 Å². The van der Waals surface area contributed by atoms with E-state index in [9.17, 15) is 0 Å². The highest BCUT2D eigenvalue weighted by molar-refractivity contribution is 6.34. The van der Waals surface area contributed by atoms with Crippen molar-refractivity contribution >= 4 is 17.2 Å². The third-order valence-corrected chi connectivity index (χ3v) is 7.60. The Hall–Kier alpha value is -1.85. The molecule has 0 bridgehead atoms. The Morgan fingerprint density at radius 1 is 0.784 bits per heavy atom. The number of aromatic amines is 1. The topological polar surface area (TPSA) is 49.2 Å². The molecule has 0 radical (unpaired) electrons. The summed E-state index contributed by atoms with van der Waals surface area (Å²) in [6.07, 6.45) is 16.2. The smallest absolute Gasteiger partial charge is 0.175 e. The molecule has 3 aromatic rings. The van der Waals surface area contributed by atoms with E-state index in [1.165, 1.54) is 95.7 Å². The Morgan fingerprint density at radius 3 is 1.84 bits per heavy atom. The Labute approximate surface area is 230 Å². The van der Waals surface area contributed by atoms with Crippen LogP contribution in [0.5, 0.6) is 0 Å². The zero-order valence-electron chi connectivity index (χ0n) is 24.1. The molecule has 0 saturated carbocycles. The molecule has 5 nitrogen and oxygen atoms in total. The number of H-pyrrole nitrogens is 1. The molecule has 0 spiro atoms. The molecule has 0 fully saturated rings. The second-order valence-corrected chi connectivity index (χ2v) is 12.1. The molecule has 1 N–H and O–H groups in total. The Balaban J connectivity index is 1.59. The normalized spacial score (nSPS) is 12.3. The van der Waals surface area contributed by atoms with E-state index in [0.717, 1.165) is 29.3 Å². The van der Waals surface area contributed by atoms with Gasteiger partial charge in [0.2, 0.25) is 0 Å². The lowest BCUT2D eigenvalue weighted by Crippen LogP contribution is -2.25. The van der Waals surface area contributed by atoms with Crippen molar-refractivity contribution < 1.29 is 0 Å². The highest BCUT2D eigenvalue weighted by Gasteiger charge is 2.25. The van der Waals surface area contributed by atoms with E-state index in [4.69, 9.17) is 11.6 Å². The number of unbranched alkanes of at least 4 members (excludes halogenated alkanes) is 10. The molecule has 0 amide bonds. The molecule has 6 heteroatoms. The summed E-state index contributed by atoms with van der Waals surface area (Å²) in [4.78, 5) is 6.05. The molecule has 0 aliphatic rings. The van der Waals surface area contributed by atoms with Gasteiger partial charge < -0.3 is 4.98 Å². The van der Waals surface area contributed by atoms with E-state index in [0.29, 0.717) is 5.02 Å². The molecule has 1 aromatic carbocycles. The number of hydrogen-bond acceptors (Lipinski definition) is 3. The number of hydrogen-bond donors (Lipinski definition) is 1. The van der Waals surface area contributed by atoms with Crippen molar-refractivity contribution in [3.8, 4) is 11.4 Å². The summed E-state index contributed by atoms with van der Waals surface area (Å²) in [7, 11) is 0. The number of benzene rings is 1. The third-order valence-electron chi connectivity index (χ3n) is 7.24. The molecule has 0 unspecified atom stereocenters. The molecule has 2 heterocycles. The summed E-state index contributed by atoms with van der Waals surface area (Å²) in [5.74, 6) is 0.799. The van der Waals surface area contributed by atoms with Crippen LogP contribution in [0.3, 0.4) is 0 Å². The van der Waals surface area contributed by atoms with Crippen molar-refractivity contribution in [2.75, 3.05) is 13.1 Å². The molecular formula is C31H50ClN5. The summed E-state index contributed by atoms with van der Waals surface area (Å²) in [5.41, 5.74) is 3.93. The maximum atomic E-state index is 6.62. The predicted octanol–water partition coefficient (Wildman–Crippen LogP) is 9.20. The Kier molecular flexibility index (Phi) is 12.0. The lowest BCUT2D eigenvalue weighted by molar-refractivity contribution is 0.252. The monoisotopic (exact) mass is 527 g/mol. The number of fused-ring (bicyclic) bond motifs is 1. The van der Waals surface area contributed by atoms with Crippen LogP contribution in [-0.4, -0.2) is 37.8 Å². The highest BCUT2D eigenvalue weighted by Crippen LogP contribution is 2.31. The van der Waals surface area contributed by atoms with Gasteiger partial charge in [0, 0.05) is 17.5 Å². The van der Waals surface area contributed by atoms with Crippen LogP contribution in [0, 0.1) is 0 Å². The number of nitrogens with one attached hydrogen (secondary N) is 1. The van der Waals surface area contributed by atoms with Gasteiger partial charge in [0.05, 0.1) is 5.69 Å². The van der Waals surface area contributed by atoms with E-state index in [1.807, 2.05) is 0 Å². The maximum Gasteiger partial charge on any atom is 0.175 e. The Bertz CT molecular complexity index is 1030. The molecule has 0 saturated heterocycles. The van der Waals surface area contributed by atoms with Crippen LogP contribution in [0.15, 0.2) is 24.3 Å². The van der Waals surface area contributed by atoms with Crippen LogP contribution < -0.4 is 0 Å². The second-order valence-electron chi connectivity index (χ2n) is 11.7. The first-order valence-corrected chi connectivity index (χ1v) is 15.2. The number of nitrogens with zero attached hydrogens (tertiary/aromatic N) is 4. The van der Waals surface area contributed by atoms with Crippen molar-refractivity contribution in [3.05, 3.63) is 40.5 Å². The lowest BCUT2D eigenvalue weighted by atomic mass is 9.92. The Morgan fingerprint density at radius 2 is 1.32 bits per heavy atom. The quantitative estimate of drug-likeness (QED) is 0.178. The summed E-state index contributed by atoms with van der Waals surface area (Å²) < 4.78 is 1.63. The van der Waals surface area contributed by atoms with E-state index >= 15 is 0 Å². The average Bonchev–Trinajstić information content (AvgIpc) is 3.43. The fraction of sp³-hybridized carbons (Fsp3) is 0.677. The van der Waals surface area contributed by atoms with Gasteiger partial charge in [-0.3, -0.25) is 4.90 Å². The largest absolute Gasteiger partial charge is 0.320 e. The fourth-order valence-corrected chi connectivity index (χ4v) is 5.38. The van der Waals surface area contributed by atoms with Crippen LogP contribution in [0.1, 0.15) is 123 Å². The van der Waals surface area contributed by atoms with Crippen LogP contribution in [0.4, 0.5) is 0 Å². The molecule has 3 rings (SSSR count). The van der Waals surface area contributed by atoms with Crippen LogP contribution >= 0.6 is 11.6 Å². The molecule has 0 aliphatic carbocycles. The predicted molar refractivity (Wildman–Crippen MR) is 159 cm³/mol. The van der Waals surface area contributed by atoms with Gasteiger partial charge in [-0.1, -0.05) is 135 Å². The van der Waals surface area contributed by atoms with Crippen molar-refractivity contribution in [2.24, 2.45) is 0 Å². The minimum Gasteiger partial charge on any atom is -0.320 e. The molecular weight excluding hydrogens is 478 g/mol. The third kappa shape index (κ3) is 9.14.